The molecule has 1 atom stereocenters. The van der Waals surface area contributed by atoms with Crippen molar-refractivity contribution < 1.29 is 18.3 Å². The lowest BCUT2D eigenvalue weighted by molar-refractivity contribution is -0.142. The Morgan fingerprint density at radius 3 is 2.95 bits per heavy atom. The fourth-order valence-corrected chi connectivity index (χ4v) is 4.53. The van der Waals surface area contributed by atoms with Crippen molar-refractivity contribution in [2.45, 2.75) is 19.3 Å². The molecule has 6 nitrogen and oxygen atoms in total. The third-order valence-corrected chi connectivity index (χ3v) is 6.60. The lowest BCUT2D eigenvalue weighted by atomic mass is 10.0. The molecule has 21 heavy (non-hydrogen) atoms. The fraction of sp³-hybridized carbons (Fsp3) is 0.615. The third kappa shape index (κ3) is 4.03. The second kappa shape index (κ2) is 6.87. The molecule has 2 heterocycles. The van der Waals surface area contributed by atoms with Gasteiger partial charge in [-0.05, 0) is 30.7 Å². The van der Waals surface area contributed by atoms with Gasteiger partial charge in [-0.2, -0.15) is 17.0 Å². The Labute approximate surface area is 129 Å². The summed E-state index contributed by atoms with van der Waals surface area (Å²) in [7, 11) is -2.02. The number of hydrogen-bond acceptors (Lipinski definition) is 4. The number of thiophene rings is 1. The zero-order valence-corrected chi connectivity index (χ0v) is 13.6. The van der Waals surface area contributed by atoms with E-state index in [4.69, 9.17) is 5.11 Å². The molecule has 1 aromatic heterocycles. The van der Waals surface area contributed by atoms with Gasteiger partial charge in [0.15, 0.2) is 0 Å². The van der Waals surface area contributed by atoms with Gasteiger partial charge in [-0.15, -0.1) is 11.3 Å². The van der Waals surface area contributed by atoms with Crippen LogP contribution in [0, 0.1) is 5.92 Å². The maximum absolute atomic E-state index is 12.5. The van der Waals surface area contributed by atoms with Crippen molar-refractivity contribution in [3.8, 4) is 0 Å². The minimum absolute atomic E-state index is 0.0704. The number of piperidine rings is 1. The molecule has 1 aliphatic heterocycles. The molecule has 0 saturated carbocycles. The van der Waals surface area contributed by atoms with Crippen molar-refractivity contribution in [1.29, 1.82) is 0 Å². The van der Waals surface area contributed by atoms with Crippen LogP contribution in [0.1, 0.15) is 17.7 Å². The molecular formula is C13H20N2O4S2. The van der Waals surface area contributed by atoms with Crippen LogP contribution in [0.2, 0.25) is 0 Å². The maximum atomic E-state index is 12.5. The summed E-state index contributed by atoms with van der Waals surface area (Å²) in [6.45, 7) is 0.869. The molecule has 0 bridgehead atoms. The first-order chi connectivity index (χ1) is 9.91. The van der Waals surface area contributed by atoms with E-state index < -0.39 is 22.1 Å². The van der Waals surface area contributed by atoms with Crippen molar-refractivity contribution >= 4 is 27.5 Å². The Morgan fingerprint density at radius 1 is 1.57 bits per heavy atom. The molecule has 1 unspecified atom stereocenters. The van der Waals surface area contributed by atoms with Gasteiger partial charge in [0.05, 0.1) is 5.92 Å². The van der Waals surface area contributed by atoms with Crippen molar-refractivity contribution in [3.63, 3.8) is 0 Å². The van der Waals surface area contributed by atoms with Crippen LogP contribution in [-0.4, -0.2) is 54.8 Å². The molecule has 1 aromatic rings. The van der Waals surface area contributed by atoms with Crippen LogP contribution >= 0.6 is 11.3 Å². The predicted molar refractivity (Wildman–Crippen MR) is 81.5 cm³/mol. The number of rotatable bonds is 6. The number of likely N-dealkylation sites (N-methyl/N-ethyl adjacent to an activating group) is 1. The maximum Gasteiger partial charge on any atom is 0.307 e. The monoisotopic (exact) mass is 332 g/mol. The van der Waals surface area contributed by atoms with E-state index >= 15 is 0 Å². The highest BCUT2D eigenvalue weighted by atomic mass is 32.2. The van der Waals surface area contributed by atoms with E-state index in [1.54, 1.807) is 18.4 Å². The number of carboxylic acid groups (broad SMARTS) is 1. The van der Waals surface area contributed by atoms with E-state index in [1.165, 1.54) is 8.61 Å². The molecule has 0 radical (unpaired) electrons. The highest BCUT2D eigenvalue weighted by Gasteiger charge is 2.34. The van der Waals surface area contributed by atoms with Gasteiger partial charge in [0.2, 0.25) is 0 Å². The zero-order valence-electron chi connectivity index (χ0n) is 11.9. The number of carbonyl (C=O) groups is 1. The van der Waals surface area contributed by atoms with Gasteiger partial charge >= 0.3 is 5.97 Å². The molecule has 1 aliphatic rings. The van der Waals surface area contributed by atoms with Gasteiger partial charge in [0.1, 0.15) is 0 Å². The zero-order chi connectivity index (χ0) is 15.5. The summed E-state index contributed by atoms with van der Waals surface area (Å²) in [4.78, 5) is 12.2. The van der Waals surface area contributed by atoms with Crippen LogP contribution in [0.3, 0.4) is 0 Å². The number of nitrogens with zero attached hydrogens (tertiary/aromatic N) is 2. The van der Waals surface area contributed by atoms with E-state index in [2.05, 4.69) is 0 Å². The van der Waals surface area contributed by atoms with Crippen LogP contribution in [0.25, 0.3) is 0 Å². The Bertz CT molecular complexity index is 571. The average molecular weight is 332 g/mol. The first-order valence-electron chi connectivity index (χ1n) is 6.88. The van der Waals surface area contributed by atoms with Gasteiger partial charge in [-0.1, -0.05) is 6.07 Å². The Morgan fingerprint density at radius 2 is 2.33 bits per heavy atom. The summed E-state index contributed by atoms with van der Waals surface area (Å²) < 4.78 is 27.6. The average Bonchev–Trinajstić information content (AvgIpc) is 2.98. The van der Waals surface area contributed by atoms with Gasteiger partial charge in [-0.3, -0.25) is 4.79 Å². The van der Waals surface area contributed by atoms with E-state index in [0.29, 0.717) is 32.4 Å². The summed E-state index contributed by atoms with van der Waals surface area (Å²) in [6.07, 6.45) is 1.80. The van der Waals surface area contributed by atoms with Gasteiger partial charge in [0, 0.05) is 31.6 Å². The first-order valence-corrected chi connectivity index (χ1v) is 9.15. The van der Waals surface area contributed by atoms with Gasteiger partial charge in [-0.25, -0.2) is 0 Å². The van der Waals surface area contributed by atoms with Crippen LogP contribution in [0.15, 0.2) is 17.5 Å². The largest absolute Gasteiger partial charge is 0.481 e. The van der Waals surface area contributed by atoms with Crippen LogP contribution < -0.4 is 0 Å². The molecule has 118 valence electrons. The van der Waals surface area contributed by atoms with Crippen molar-refractivity contribution in [2.24, 2.45) is 5.92 Å². The van der Waals surface area contributed by atoms with Crippen LogP contribution in [0.4, 0.5) is 0 Å². The Balaban J connectivity index is 1.97. The van der Waals surface area contributed by atoms with Crippen LogP contribution in [-0.2, 0) is 21.4 Å². The second-order valence-electron chi connectivity index (χ2n) is 5.19. The Kier molecular flexibility index (Phi) is 5.37. The smallest absolute Gasteiger partial charge is 0.307 e. The molecule has 0 spiro atoms. The quantitative estimate of drug-likeness (QED) is 0.851. The van der Waals surface area contributed by atoms with E-state index in [9.17, 15) is 13.2 Å². The summed E-state index contributed by atoms with van der Waals surface area (Å²) in [5.74, 6) is -1.52. The lowest BCUT2D eigenvalue weighted by Crippen LogP contribution is -2.48. The van der Waals surface area contributed by atoms with E-state index in [-0.39, 0.29) is 6.54 Å². The summed E-state index contributed by atoms with van der Waals surface area (Å²) in [5.41, 5.74) is 0. The number of carboxylic acids is 1. The lowest BCUT2D eigenvalue weighted by Gasteiger charge is -2.32. The molecule has 1 N–H and O–H groups in total. The summed E-state index contributed by atoms with van der Waals surface area (Å²) >= 11 is 1.60. The molecule has 0 aliphatic carbocycles. The van der Waals surface area contributed by atoms with Crippen molar-refractivity contribution in [2.75, 3.05) is 26.7 Å². The summed E-state index contributed by atoms with van der Waals surface area (Å²) in [6, 6.07) is 3.92. The standard InChI is InChI=1S/C13H20N2O4S2/c1-14(8-6-12-5-3-9-20-12)21(18,19)15-7-2-4-11(10-15)13(16)17/h3,5,9,11H,2,4,6-8,10H2,1H3,(H,16,17). The van der Waals surface area contributed by atoms with Crippen molar-refractivity contribution in [1.82, 2.24) is 8.61 Å². The van der Waals surface area contributed by atoms with Gasteiger partial charge < -0.3 is 5.11 Å². The van der Waals surface area contributed by atoms with E-state index in [0.717, 1.165) is 4.88 Å². The number of hydrogen-bond donors (Lipinski definition) is 1. The predicted octanol–water partition coefficient (Wildman–Crippen LogP) is 1.26. The Hall–Kier alpha value is -0.960. The number of aliphatic carboxylic acids is 1. The highest BCUT2D eigenvalue weighted by molar-refractivity contribution is 7.86. The van der Waals surface area contributed by atoms with Crippen LogP contribution in [0.5, 0.6) is 0 Å². The highest BCUT2D eigenvalue weighted by Crippen LogP contribution is 2.21. The molecule has 8 heteroatoms. The normalized spacial score (nSPS) is 20.8. The molecule has 1 saturated heterocycles. The SMILES string of the molecule is CN(CCc1cccs1)S(=O)(=O)N1CCCC(C(=O)O)C1. The van der Waals surface area contributed by atoms with Gasteiger partial charge in [0.25, 0.3) is 10.2 Å². The topological polar surface area (TPSA) is 77.9 Å². The summed E-state index contributed by atoms with van der Waals surface area (Å²) in [5, 5.41) is 11.0. The minimum atomic E-state index is -3.57. The van der Waals surface area contributed by atoms with E-state index in [1.807, 2.05) is 17.5 Å². The second-order valence-corrected chi connectivity index (χ2v) is 8.26. The minimum Gasteiger partial charge on any atom is -0.481 e. The molecule has 1 fully saturated rings. The molecule has 2 rings (SSSR count). The fourth-order valence-electron chi connectivity index (χ4n) is 2.39. The molecule has 0 aromatic carbocycles. The third-order valence-electron chi connectivity index (χ3n) is 3.71. The molecule has 0 amide bonds. The first kappa shape index (κ1) is 16.4. The molecular weight excluding hydrogens is 312 g/mol. The van der Waals surface area contributed by atoms with Crippen molar-refractivity contribution in [3.05, 3.63) is 22.4 Å².